The number of anilines is 1. The van der Waals surface area contributed by atoms with Gasteiger partial charge in [-0.15, -0.1) is 0 Å². The van der Waals surface area contributed by atoms with Crippen LogP contribution in [0.3, 0.4) is 0 Å². The van der Waals surface area contributed by atoms with Gasteiger partial charge < -0.3 is 15.7 Å². The molecule has 0 aliphatic heterocycles. The number of halogens is 2. The van der Waals surface area contributed by atoms with Crippen LogP contribution in [0.1, 0.15) is 30.6 Å². The number of rotatable bonds is 4. The van der Waals surface area contributed by atoms with Crippen molar-refractivity contribution in [3.8, 4) is 0 Å². The summed E-state index contributed by atoms with van der Waals surface area (Å²) in [4.78, 5) is 22.9. The number of carboxylic acids is 1. The Labute approximate surface area is 128 Å². The third-order valence-corrected chi connectivity index (χ3v) is 3.60. The molecule has 0 bridgehead atoms. The Kier molecular flexibility index (Phi) is 5.81. The zero-order valence-electron chi connectivity index (χ0n) is 10.5. The number of urea groups is 1. The summed E-state index contributed by atoms with van der Waals surface area (Å²) in [6.45, 7) is 3.82. The summed E-state index contributed by atoms with van der Waals surface area (Å²) in [5.41, 5.74) is 0.247. The lowest BCUT2D eigenvalue weighted by atomic mass is 10.2. The Morgan fingerprint density at radius 2 is 2.00 bits per heavy atom. The maximum absolute atomic E-state index is 11.7. The second-order valence-corrected chi connectivity index (χ2v) is 5.79. The quantitative estimate of drug-likeness (QED) is 0.727. The number of carboxylic acid groups (broad SMARTS) is 1. The number of nitrogens with one attached hydrogen (secondary N) is 2. The molecule has 1 atom stereocenters. The third-order valence-electron chi connectivity index (χ3n) is 2.51. The number of carbonyl (C=O) groups is 2. The van der Waals surface area contributed by atoms with Gasteiger partial charge in [-0.2, -0.15) is 0 Å². The van der Waals surface area contributed by atoms with Crippen molar-refractivity contribution < 1.29 is 14.7 Å². The summed E-state index contributed by atoms with van der Waals surface area (Å²) in [6.07, 6.45) is 0.792. The Balaban J connectivity index is 3.00. The first-order valence-corrected chi connectivity index (χ1v) is 7.23. The maximum atomic E-state index is 11.7. The van der Waals surface area contributed by atoms with Gasteiger partial charge >= 0.3 is 12.0 Å². The summed E-state index contributed by atoms with van der Waals surface area (Å²) in [5.74, 6) is -1.11. The fourth-order valence-electron chi connectivity index (χ4n) is 1.34. The number of amides is 2. The van der Waals surface area contributed by atoms with Crippen molar-refractivity contribution in [3.63, 3.8) is 0 Å². The molecule has 1 rings (SSSR count). The van der Waals surface area contributed by atoms with Gasteiger partial charge in [0.25, 0.3) is 0 Å². The fraction of sp³-hybridized carbons (Fsp3) is 0.333. The van der Waals surface area contributed by atoms with Crippen LogP contribution in [0.4, 0.5) is 10.5 Å². The topological polar surface area (TPSA) is 78.4 Å². The Morgan fingerprint density at radius 3 is 2.53 bits per heavy atom. The van der Waals surface area contributed by atoms with E-state index in [0.29, 0.717) is 8.95 Å². The first-order chi connectivity index (χ1) is 8.85. The van der Waals surface area contributed by atoms with Crippen molar-refractivity contribution in [3.05, 3.63) is 26.6 Å². The molecule has 0 aliphatic rings. The maximum Gasteiger partial charge on any atom is 0.337 e. The van der Waals surface area contributed by atoms with Crippen LogP contribution in [0.25, 0.3) is 0 Å². The lowest BCUT2D eigenvalue weighted by Crippen LogP contribution is -2.36. The lowest BCUT2D eigenvalue weighted by molar-refractivity contribution is 0.0698. The highest BCUT2D eigenvalue weighted by atomic mass is 79.9. The highest BCUT2D eigenvalue weighted by Gasteiger charge is 2.17. The molecule has 0 spiro atoms. The van der Waals surface area contributed by atoms with Crippen molar-refractivity contribution in [2.45, 2.75) is 26.3 Å². The van der Waals surface area contributed by atoms with Crippen molar-refractivity contribution in [1.82, 2.24) is 5.32 Å². The monoisotopic (exact) mass is 392 g/mol. The molecule has 1 unspecified atom stereocenters. The molecule has 0 aromatic heterocycles. The van der Waals surface area contributed by atoms with Crippen molar-refractivity contribution in [2.24, 2.45) is 0 Å². The van der Waals surface area contributed by atoms with Gasteiger partial charge in [0, 0.05) is 15.0 Å². The minimum Gasteiger partial charge on any atom is -0.478 e. The SMILES string of the molecule is CCC(C)NC(=O)Nc1c(Br)cc(Br)cc1C(=O)O. The van der Waals surface area contributed by atoms with E-state index in [1.807, 2.05) is 13.8 Å². The zero-order valence-corrected chi connectivity index (χ0v) is 13.6. The number of aromatic carboxylic acids is 1. The highest BCUT2D eigenvalue weighted by Crippen LogP contribution is 2.30. The molecule has 0 saturated heterocycles. The van der Waals surface area contributed by atoms with E-state index in [1.54, 1.807) is 6.07 Å². The van der Waals surface area contributed by atoms with Crippen LogP contribution in [-0.4, -0.2) is 23.1 Å². The van der Waals surface area contributed by atoms with E-state index in [1.165, 1.54) is 6.07 Å². The minimum atomic E-state index is -1.11. The molecule has 104 valence electrons. The van der Waals surface area contributed by atoms with Crippen molar-refractivity contribution in [1.29, 1.82) is 0 Å². The number of carbonyl (C=O) groups excluding carboxylic acids is 1. The molecule has 1 aromatic rings. The fourth-order valence-corrected chi connectivity index (χ4v) is 2.67. The number of benzene rings is 1. The molecule has 5 nitrogen and oxygen atoms in total. The van der Waals surface area contributed by atoms with Gasteiger partial charge in [0.15, 0.2) is 0 Å². The molecule has 19 heavy (non-hydrogen) atoms. The van der Waals surface area contributed by atoms with Gasteiger partial charge in [-0.05, 0) is 41.4 Å². The summed E-state index contributed by atoms with van der Waals surface area (Å²) in [7, 11) is 0. The number of hydrogen-bond acceptors (Lipinski definition) is 2. The second kappa shape index (κ2) is 6.91. The molecule has 0 radical (unpaired) electrons. The predicted octanol–water partition coefficient (Wildman–Crippen LogP) is 3.83. The summed E-state index contributed by atoms with van der Waals surface area (Å²) < 4.78 is 1.11. The average Bonchev–Trinajstić information content (AvgIpc) is 2.31. The Morgan fingerprint density at radius 1 is 1.37 bits per heavy atom. The van der Waals surface area contributed by atoms with Gasteiger partial charge in [-0.1, -0.05) is 22.9 Å². The van der Waals surface area contributed by atoms with Gasteiger partial charge in [-0.3, -0.25) is 0 Å². The zero-order chi connectivity index (χ0) is 14.6. The van der Waals surface area contributed by atoms with Crippen LogP contribution in [0, 0.1) is 0 Å². The standard InChI is InChI=1S/C12H14Br2N2O3/c1-3-6(2)15-12(19)16-10-8(11(17)18)4-7(13)5-9(10)14/h4-6H,3H2,1-2H3,(H,17,18)(H2,15,16,19). The third kappa shape index (κ3) is 4.50. The number of hydrogen-bond donors (Lipinski definition) is 3. The molecule has 7 heteroatoms. The molecule has 1 aromatic carbocycles. The molecule has 2 amide bonds. The normalized spacial score (nSPS) is 11.8. The molecule has 0 aliphatic carbocycles. The summed E-state index contributed by atoms with van der Waals surface area (Å²) in [5, 5.41) is 14.4. The largest absolute Gasteiger partial charge is 0.478 e. The van der Waals surface area contributed by atoms with E-state index in [0.717, 1.165) is 6.42 Å². The smallest absolute Gasteiger partial charge is 0.337 e. The van der Waals surface area contributed by atoms with E-state index in [9.17, 15) is 9.59 Å². The van der Waals surface area contributed by atoms with Crippen LogP contribution < -0.4 is 10.6 Å². The molecular formula is C12H14Br2N2O3. The molecule has 0 fully saturated rings. The van der Waals surface area contributed by atoms with Crippen molar-refractivity contribution >= 4 is 49.5 Å². The minimum absolute atomic E-state index is 0.0144. The van der Waals surface area contributed by atoms with E-state index >= 15 is 0 Å². The van der Waals surface area contributed by atoms with Gasteiger partial charge in [0.1, 0.15) is 0 Å². The van der Waals surface area contributed by atoms with E-state index in [4.69, 9.17) is 5.11 Å². The average molecular weight is 394 g/mol. The lowest BCUT2D eigenvalue weighted by Gasteiger charge is -2.15. The molecule has 0 saturated carbocycles. The van der Waals surface area contributed by atoms with E-state index < -0.39 is 12.0 Å². The van der Waals surface area contributed by atoms with E-state index in [2.05, 4.69) is 42.5 Å². The summed E-state index contributed by atoms with van der Waals surface area (Å²) in [6, 6.07) is 2.69. The van der Waals surface area contributed by atoms with Crippen LogP contribution in [0.2, 0.25) is 0 Å². The van der Waals surface area contributed by atoms with Gasteiger partial charge in [0.2, 0.25) is 0 Å². The van der Waals surface area contributed by atoms with Crippen LogP contribution in [0.15, 0.2) is 21.1 Å². The van der Waals surface area contributed by atoms with Gasteiger partial charge in [0.05, 0.1) is 11.3 Å². The van der Waals surface area contributed by atoms with Crippen LogP contribution in [-0.2, 0) is 0 Å². The Bertz CT molecular complexity index is 506. The Hall–Kier alpha value is -1.08. The van der Waals surface area contributed by atoms with Gasteiger partial charge in [-0.25, -0.2) is 9.59 Å². The summed E-state index contributed by atoms with van der Waals surface area (Å²) >= 11 is 6.45. The highest BCUT2D eigenvalue weighted by molar-refractivity contribution is 9.11. The van der Waals surface area contributed by atoms with E-state index in [-0.39, 0.29) is 17.3 Å². The second-order valence-electron chi connectivity index (χ2n) is 4.02. The van der Waals surface area contributed by atoms with Crippen molar-refractivity contribution in [2.75, 3.05) is 5.32 Å². The molecule has 0 heterocycles. The van der Waals surface area contributed by atoms with Crippen LogP contribution >= 0.6 is 31.9 Å². The van der Waals surface area contributed by atoms with Crippen LogP contribution in [0.5, 0.6) is 0 Å². The predicted molar refractivity (Wildman–Crippen MR) is 80.7 cm³/mol. The molecular weight excluding hydrogens is 380 g/mol. The molecule has 3 N–H and O–H groups in total. The first kappa shape index (κ1) is 16.0. The first-order valence-electron chi connectivity index (χ1n) is 5.65.